The lowest BCUT2D eigenvalue weighted by Crippen LogP contribution is -2.25. The van der Waals surface area contributed by atoms with Crippen LogP contribution in [0.2, 0.25) is 0 Å². The van der Waals surface area contributed by atoms with Gasteiger partial charge in [0.15, 0.2) is 5.13 Å². The molecule has 0 atom stereocenters. The number of aromatic nitrogens is 1. The second-order valence-corrected chi connectivity index (χ2v) is 10.9. The van der Waals surface area contributed by atoms with Crippen LogP contribution in [0.3, 0.4) is 0 Å². The fraction of sp³-hybridized carbons (Fsp3) is 0.250. The summed E-state index contributed by atoms with van der Waals surface area (Å²) in [6.07, 6.45) is 2.26. The molecule has 0 bridgehead atoms. The zero-order valence-corrected chi connectivity index (χ0v) is 23.5. The van der Waals surface area contributed by atoms with E-state index in [1.54, 1.807) is 12.1 Å². The van der Waals surface area contributed by atoms with E-state index in [2.05, 4.69) is 21.3 Å². The molecule has 1 aliphatic carbocycles. The summed E-state index contributed by atoms with van der Waals surface area (Å²) in [6.45, 7) is 2.60. The van der Waals surface area contributed by atoms with Gasteiger partial charge in [0.05, 0.1) is 5.69 Å². The van der Waals surface area contributed by atoms with Gasteiger partial charge in [0.25, 0.3) is 11.8 Å². The Morgan fingerprint density at radius 2 is 1.71 bits per heavy atom. The fourth-order valence-electron chi connectivity index (χ4n) is 4.16. The van der Waals surface area contributed by atoms with E-state index in [9.17, 15) is 14.4 Å². The number of nitrogens with two attached hydrogens (primary N) is 1. The van der Waals surface area contributed by atoms with Gasteiger partial charge in [-0.3, -0.25) is 14.4 Å². The second-order valence-electron chi connectivity index (χ2n) is 9.93. The summed E-state index contributed by atoms with van der Waals surface area (Å²) in [7, 11) is 0. The molecule has 4 aromatic rings. The Morgan fingerprint density at radius 1 is 0.976 bits per heavy atom. The summed E-state index contributed by atoms with van der Waals surface area (Å²) >= 11 is 1.24. The van der Waals surface area contributed by atoms with Crippen molar-refractivity contribution in [3.8, 4) is 11.3 Å². The van der Waals surface area contributed by atoms with E-state index in [0.717, 1.165) is 35.2 Å². The number of aryl methyl sites for hydroxylation is 1. The van der Waals surface area contributed by atoms with Gasteiger partial charge < -0.3 is 27.0 Å². The van der Waals surface area contributed by atoms with Crippen LogP contribution in [0.1, 0.15) is 57.8 Å². The zero-order valence-electron chi connectivity index (χ0n) is 22.7. The minimum Gasteiger partial charge on any atom is -0.349 e. The molecule has 0 radical (unpaired) electrons. The van der Waals surface area contributed by atoms with Crippen LogP contribution in [0, 0.1) is 6.92 Å². The zero-order chi connectivity index (χ0) is 28.8. The number of carbonyl (C=O) groups is 3. The van der Waals surface area contributed by atoms with Crippen LogP contribution in [-0.4, -0.2) is 35.3 Å². The van der Waals surface area contributed by atoms with Gasteiger partial charge in [-0.15, -0.1) is 0 Å². The van der Waals surface area contributed by atoms with Crippen molar-refractivity contribution in [2.24, 2.45) is 5.73 Å². The summed E-state index contributed by atoms with van der Waals surface area (Å²) < 4.78 is 0. The molecule has 9 nitrogen and oxygen atoms in total. The van der Waals surface area contributed by atoms with Gasteiger partial charge in [-0.1, -0.05) is 67.3 Å². The van der Waals surface area contributed by atoms with E-state index in [-0.39, 0.29) is 44.2 Å². The summed E-state index contributed by atoms with van der Waals surface area (Å²) in [5.41, 5.74) is 10.6. The first kappa shape index (κ1) is 30.4. The van der Waals surface area contributed by atoms with Gasteiger partial charge in [0.2, 0.25) is 5.91 Å². The molecular weight excluding hydrogens is 548 g/mol. The molecule has 0 saturated heterocycles. The van der Waals surface area contributed by atoms with Gasteiger partial charge in [-0.05, 0) is 55.2 Å². The summed E-state index contributed by atoms with van der Waals surface area (Å²) in [5, 5.41) is 12.7. The number of hydrogen-bond acceptors (Lipinski definition) is 7. The van der Waals surface area contributed by atoms with Crippen LogP contribution < -0.4 is 27.0 Å². The molecule has 0 unspecified atom stereocenters. The minimum atomic E-state index is -0.246. The average molecular weight is 585 g/mol. The van der Waals surface area contributed by atoms with Gasteiger partial charge in [0.1, 0.15) is 4.88 Å². The van der Waals surface area contributed by atoms with Gasteiger partial charge in [0, 0.05) is 48.1 Å². The van der Waals surface area contributed by atoms with Crippen molar-refractivity contribution in [2.45, 2.75) is 46.2 Å². The van der Waals surface area contributed by atoms with E-state index in [1.807, 2.05) is 67.6 Å². The lowest BCUT2D eigenvalue weighted by Gasteiger charge is -2.10. The fourth-order valence-corrected chi connectivity index (χ4v) is 5.07. The highest BCUT2D eigenvalue weighted by Crippen LogP contribution is 2.34. The Morgan fingerprint density at radius 3 is 2.40 bits per heavy atom. The minimum absolute atomic E-state index is 0. The third-order valence-electron chi connectivity index (χ3n) is 6.60. The lowest BCUT2D eigenvalue weighted by atomic mass is 10.1. The Bertz CT molecular complexity index is 1550. The maximum absolute atomic E-state index is 13.4. The Labute approximate surface area is 250 Å². The van der Waals surface area contributed by atoms with Crippen molar-refractivity contribution in [3.63, 3.8) is 0 Å². The molecule has 1 aliphatic rings. The molecule has 5 rings (SSSR count). The third-order valence-corrected chi connectivity index (χ3v) is 7.57. The number of benzene rings is 3. The van der Waals surface area contributed by atoms with Gasteiger partial charge >= 0.3 is 0 Å². The molecule has 1 heterocycles. The van der Waals surface area contributed by atoms with Crippen LogP contribution in [0.5, 0.6) is 0 Å². The molecule has 218 valence electrons. The van der Waals surface area contributed by atoms with E-state index in [1.165, 1.54) is 11.3 Å². The molecular formula is C32H36N6O3S. The first-order valence-corrected chi connectivity index (χ1v) is 14.3. The van der Waals surface area contributed by atoms with Crippen molar-refractivity contribution in [1.82, 2.24) is 15.6 Å². The molecule has 10 heteroatoms. The van der Waals surface area contributed by atoms with E-state index >= 15 is 0 Å². The molecule has 1 fully saturated rings. The quantitative estimate of drug-likeness (QED) is 0.155. The summed E-state index contributed by atoms with van der Waals surface area (Å²) in [4.78, 5) is 43.2. The molecule has 1 saturated carbocycles. The maximum Gasteiger partial charge on any atom is 0.264 e. The highest BCUT2D eigenvalue weighted by Gasteiger charge is 2.24. The predicted molar refractivity (Wildman–Crippen MR) is 169 cm³/mol. The lowest BCUT2D eigenvalue weighted by molar-refractivity contribution is -0.116. The Kier molecular flexibility index (Phi) is 10.1. The number of carbonyl (C=O) groups excluding carboxylic acids is 3. The Balaban J connectivity index is 0.00000405. The molecule has 0 aliphatic heterocycles. The predicted octanol–water partition coefficient (Wildman–Crippen LogP) is 5.61. The maximum atomic E-state index is 13.4. The van der Waals surface area contributed by atoms with Crippen molar-refractivity contribution in [3.05, 3.63) is 94.4 Å². The van der Waals surface area contributed by atoms with E-state index in [4.69, 9.17) is 10.7 Å². The van der Waals surface area contributed by atoms with Crippen LogP contribution in [0.4, 0.5) is 16.5 Å². The summed E-state index contributed by atoms with van der Waals surface area (Å²) in [5.74, 6) is -0.510. The standard InChI is InChI=1S/C31H32N6O3S.CH4/c1-19-7-8-22(29(39)35-24-13-14-24)17-25(19)36-31-37-27(21-9-11-23(12-10-21)34-26(38)15-16-32)28(41-31)30(40)33-18-20-5-3-2-4-6-20;/h2-12,17,24H,13-16,18,32H2,1H3,(H,33,40)(H,34,38)(H,35,39)(H,36,37);1H4. The van der Waals surface area contributed by atoms with E-state index in [0.29, 0.717) is 33.5 Å². The van der Waals surface area contributed by atoms with E-state index < -0.39 is 0 Å². The van der Waals surface area contributed by atoms with Crippen LogP contribution in [-0.2, 0) is 11.3 Å². The van der Waals surface area contributed by atoms with Crippen LogP contribution >= 0.6 is 11.3 Å². The SMILES string of the molecule is C.Cc1ccc(C(=O)NC2CC2)cc1Nc1nc(-c2ccc(NC(=O)CCN)cc2)c(C(=O)NCc2ccccc2)s1. The number of amides is 3. The normalized spacial score (nSPS) is 12.1. The van der Waals surface area contributed by atoms with Crippen LogP contribution in [0.15, 0.2) is 72.8 Å². The first-order chi connectivity index (χ1) is 19.9. The monoisotopic (exact) mass is 584 g/mol. The van der Waals surface area contributed by atoms with Crippen molar-refractivity contribution in [2.75, 3.05) is 17.2 Å². The molecule has 6 N–H and O–H groups in total. The number of nitrogens with one attached hydrogen (secondary N) is 4. The average Bonchev–Trinajstić information content (AvgIpc) is 3.69. The highest BCUT2D eigenvalue weighted by atomic mass is 32.1. The smallest absolute Gasteiger partial charge is 0.264 e. The molecule has 42 heavy (non-hydrogen) atoms. The number of thiazole rings is 1. The number of rotatable bonds is 11. The Hall–Kier alpha value is -4.54. The van der Waals surface area contributed by atoms with Crippen molar-refractivity contribution >= 4 is 45.6 Å². The molecule has 3 amide bonds. The highest BCUT2D eigenvalue weighted by molar-refractivity contribution is 7.18. The number of hydrogen-bond donors (Lipinski definition) is 5. The van der Waals surface area contributed by atoms with Crippen molar-refractivity contribution < 1.29 is 14.4 Å². The number of nitrogens with zero attached hydrogens (tertiary/aromatic N) is 1. The van der Waals surface area contributed by atoms with Gasteiger partial charge in [-0.2, -0.15) is 0 Å². The van der Waals surface area contributed by atoms with Gasteiger partial charge in [-0.25, -0.2) is 4.98 Å². The first-order valence-electron chi connectivity index (χ1n) is 13.5. The van der Waals surface area contributed by atoms with Crippen molar-refractivity contribution in [1.29, 1.82) is 0 Å². The second kappa shape index (κ2) is 13.9. The van der Waals surface area contributed by atoms with Crippen LogP contribution in [0.25, 0.3) is 11.3 Å². The summed E-state index contributed by atoms with van der Waals surface area (Å²) in [6, 6.07) is 22.6. The third kappa shape index (κ3) is 7.80. The molecule has 1 aromatic heterocycles. The number of anilines is 3. The molecule has 0 spiro atoms. The topological polar surface area (TPSA) is 138 Å². The molecule has 3 aromatic carbocycles. The largest absolute Gasteiger partial charge is 0.349 e.